The Kier molecular flexibility index (Phi) is 9.36. The van der Waals surface area contributed by atoms with Gasteiger partial charge < -0.3 is 18.6 Å². The maximum absolute atomic E-state index is 6.69. The summed E-state index contributed by atoms with van der Waals surface area (Å²) in [5, 5.41) is 9.35. The van der Waals surface area contributed by atoms with Crippen LogP contribution in [-0.2, 0) is 16.2 Å². The molecule has 13 rings (SSSR count). The van der Waals surface area contributed by atoms with E-state index in [0.29, 0.717) is 0 Å². The van der Waals surface area contributed by atoms with Crippen LogP contribution in [0.15, 0.2) is 203 Å². The van der Waals surface area contributed by atoms with Crippen molar-refractivity contribution in [3.63, 3.8) is 0 Å². The summed E-state index contributed by atoms with van der Waals surface area (Å²) in [4.78, 5) is 4.73. The number of fused-ring (bicyclic) bond motifs is 12. The second-order valence-electron chi connectivity index (χ2n) is 22.2. The first-order valence-corrected chi connectivity index (χ1v) is 25.0. The van der Waals surface area contributed by atoms with Crippen LogP contribution in [0.2, 0.25) is 0 Å². The number of rotatable bonds is 6. The fourth-order valence-corrected chi connectivity index (χ4v) is 11.5. The van der Waals surface area contributed by atoms with Crippen molar-refractivity contribution >= 4 is 99.5 Å². The zero-order chi connectivity index (χ0) is 48.6. The van der Waals surface area contributed by atoms with Crippen LogP contribution in [0.25, 0.3) is 76.5 Å². The van der Waals surface area contributed by atoms with Gasteiger partial charge in [-0.2, -0.15) is 0 Å². The van der Waals surface area contributed by atoms with Crippen molar-refractivity contribution in [1.82, 2.24) is 0 Å². The first kappa shape index (κ1) is 43.0. The van der Waals surface area contributed by atoms with Gasteiger partial charge in [0, 0.05) is 49.7 Å². The Hall–Kier alpha value is -8.08. The molecule has 0 unspecified atom stereocenters. The highest BCUT2D eigenvalue weighted by Gasteiger charge is 2.37. The predicted molar refractivity (Wildman–Crippen MR) is 300 cm³/mol. The van der Waals surface area contributed by atoms with Crippen molar-refractivity contribution in [2.75, 3.05) is 9.80 Å². The van der Waals surface area contributed by atoms with Crippen molar-refractivity contribution in [3.05, 3.63) is 216 Å². The molecule has 346 valence electrons. The van der Waals surface area contributed by atoms with E-state index >= 15 is 0 Å². The predicted octanol–water partition coefficient (Wildman–Crippen LogP) is 19.6. The molecule has 0 saturated carbocycles. The third-order valence-electron chi connectivity index (χ3n) is 15.3. The number of hydrogen-bond donors (Lipinski definition) is 0. The number of benzene rings is 10. The summed E-state index contributed by atoms with van der Waals surface area (Å²) in [6.07, 6.45) is 0. The highest BCUT2D eigenvalue weighted by Crippen LogP contribution is 2.54. The number of furan rings is 2. The summed E-state index contributed by atoms with van der Waals surface area (Å²) >= 11 is 0. The largest absolute Gasteiger partial charge is 0.454 e. The Balaban J connectivity index is 0.931. The minimum absolute atomic E-state index is 0.0358. The Bertz CT molecular complexity index is 4100. The number of hydrogen-bond acceptors (Lipinski definition) is 4. The molecule has 4 nitrogen and oxygen atoms in total. The fraction of sp³-hybridized carbons (Fsp3) is 0.164. The van der Waals surface area contributed by atoms with Gasteiger partial charge in [-0.05, 0) is 151 Å². The molecule has 0 atom stereocenters. The minimum Gasteiger partial charge on any atom is -0.454 e. The monoisotopic (exact) mass is 920 g/mol. The molecule has 0 spiro atoms. The lowest BCUT2D eigenvalue weighted by Crippen LogP contribution is -2.16. The average Bonchev–Trinajstić information content (AvgIpc) is 4.01. The molecular formula is C67H56N2O2. The molecule has 0 fully saturated rings. The van der Waals surface area contributed by atoms with Crippen molar-refractivity contribution < 1.29 is 8.83 Å². The van der Waals surface area contributed by atoms with Crippen molar-refractivity contribution in [3.8, 4) is 11.1 Å². The van der Waals surface area contributed by atoms with Gasteiger partial charge >= 0.3 is 0 Å². The summed E-state index contributed by atoms with van der Waals surface area (Å²) in [6, 6.07) is 71.3. The van der Waals surface area contributed by atoms with Gasteiger partial charge in [0.1, 0.15) is 11.2 Å². The average molecular weight is 921 g/mol. The summed E-state index contributed by atoms with van der Waals surface area (Å²) < 4.78 is 13.4. The maximum atomic E-state index is 6.69. The Labute approximate surface area is 415 Å². The van der Waals surface area contributed by atoms with E-state index in [1.54, 1.807) is 0 Å². The molecule has 1 aliphatic rings. The van der Waals surface area contributed by atoms with Crippen molar-refractivity contribution in [1.29, 1.82) is 0 Å². The number of para-hydroxylation sites is 4. The summed E-state index contributed by atoms with van der Waals surface area (Å²) in [5.41, 5.74) is 17.6. The molecule has 0 N–H and O–H groups in total. The maximum Gasteiger partial charge on any atom is 0.159 e. The first-order valence-electron chi connectivity index (χ1n) is 25.0. The Morgan fingerprint density at radius 3 is 1.37 bits per heavy atom. The first-order chi connectivity index (χ1) is 34.2. The summed E-state index contributed by atoms with van der Waals surface area (Å²) in [6.45, 7) is 18.4. The van der Waals surface area contributed by atoms with E-state index in [1.807, 2.05) is 12.1 Å². The van der Waals surface area contributed by atoms with E-state index in [1.165, 1.54) is 54.9 Å². The molecule has 1 aliphatic carbocycles. The van der Waals surface area contributed by atoms with Crippen LogP contribution < -0.4 is 9.80 Å². The van der Waals surface area contributed by atoms with Crippen molar-refractivity contribution in [2.24, 2.45) is 0 Å². The molecular weight excluding hydrogens is 865 g/mol. The normalized spacial score (nSPS) is 13.5. The van der Waals surface area contributed by atoms with Gasteiger partial charge in [0.15, 0.2) is 11.2 Å². The zero-order valence-corrected chi connectivity index (χ0v) is 41.7. The molecule has 0 amide bonds. The van der Waals surface area contributed by atoms with Crippen LogP contribution in [0.5, 0.6) is 0 Å². The summed E-state index contributed by atoms with van der Waals surface area (Å²) in [7, 11) is 0. The van der Waals surface area contributed by atoms with E-state index in [-0.39, 0.29) is 16.2 Å². The van der Waals surface area contributed by atoms with Gasteiger partial charge in [-0.1, -0.05) is 165 Å². The van der Waals surface area contributed by atoms with E-state index < -0.39 is 0 Å². The SMILES string of the molecule is CC(C)(C)c1ccc(N(c2ccc3cc4c(cc3c2)C(C)(C)c2c-4ccc3cc(N(c4ccc(C(C)(C)C)cc4)c4cccc5c4oc4ccccc45)ccc23)c2cccc3c2oc2ccccc23)cc1. The lowest BCUT2D eigenvalue weighted by atomic mass is 9.79. The van der Waals surface area contributed by atoms with Crippen LogP contribution in [-0.4, -0.2) is 0 Å². The molecule has 0 bridgehead atoms. The molecule has 0 saturated heterocycles. The van der Waals surface area contributed by atoms with E-state index in [9.17, 15) is 0 Å². The second kappa shape index (κ2) is 15.5. The molecule has 12 aromatic rings. The number of anilines is 6. The second-order valence-corrected chi connectivity index (χ2v) is 22.2. The van der Waals surface area contributed by atoms with Crippen LogP contribution in [0.3, 0.4) is 0 Å². The molecule has 4 heteroatoms. The van der Waals surface area contributed by atoms with Gasteiger partial charge in [0.2, 0.25) is 0 Å². The van der Waals surface area contributed by atoms with Gasteiger partial charge in [0.25, 0.3) is 0 Å². The van der Waals surface area contributed by atoms with Gasteiger partial charge in [-0.15, -0.1) is 0 Å². The Morgan fingerprint density at radius 2 is 0.831 bits per heavy atom. The topological polar surface area (TPSA) is 32.8 Å². The highest BCUT2D eigenvalue weighted by atomic mass is 16.3. The number of nitrogens with zero attached hydrogens (tertiary/aromatic N) is 2. The summed E-state index contributed by atoms with van der Waals surface area (Å²) in [5.74, 6) is 0. The lowest BCUT2D eigenvalue weighted by molar-refractivity contribution is 0.590. The van der Waals surface area contributed by atoms with Crippen LogP contribution in [0.4, 0.5) is 34.1 Å². The quantitative estimate of drug-likeness (QED) is 0.166. The molecule has 2 aromatic heterocycles. The smallest absolute Gasteiger partial charge is 0.159 e. The fourth-order valence-electron chi connectivity index (χ4n) is 11.5. The molecule has 0 aliphatic heterocycles. The van der Waals surface area contributed by atoms with Crippen LogP contribution in [0.1, 0.15) is 77.6 Å². The third-order valence-corrected chi connectivity index (χ3v) is 15.3. The standard InChI is InChI=1S/C67H56N2O2/c1-65(2,3)44-25-30-46(31-26-44)68(58-19-13-17-54-51-15-9-11-21-60(51)70-63(54)58)48-29-23-41-39-56-53-35-24-42-37-49(34-36-50(42)62(53)67(7,8)57(56)40-43(41)38-48)69(47-32-27-45(28-33-47)66(4,5)6)59-20-14-18-55-52-16-10-12-22-61(52)71-64(55)59/h9-40H,1-8H3. The molecule has 71 heavy (non-hydrogen) atoms. The lowest BCUT2D eigenvalue weighted by Gasteiger charge is -2.28. The van der Waals surface area contributed by atoms with E-state index in [0.717, 1.165) is 78.0 Å². The van der Waals surface area contributed by atoms with Crippen molar-refractivity contribution in [2.45, 2.75) is 71.6 Å². The van der Waals surface area contributed by atoms with Gasteiger partial charge in [-0.3, -0.25) is 0 Å². The van der Waals surface area contributed by atoms with E-state index in [2.05, 4.69) is 247 Å². The van der Waals surface area contributed by atoms with Crippen LogP contribution >= 0.6 is 0 Å². The van der Waals surface area contributed by atoms with Crippen LogP contribution in [0, 0.1) is 0 Å². The van der Waals surface area contributed by atoms with E-state index in [4.69, 9.17) is 8.83 Å². The molecule has 10 aromatic carbocycles. The zero-order valence-electron chi connectivity index (χ0n) is 41.7. The third kappa shape index (κ3) is 6.79. The minimum atomic E-state index is -0.263. The molecule has 2 heterocycles. The van der Waals surface area contributed by atoms with Gasteiger partial charge in [-0.25, -0.2) is 0 Å². The molecule has 0 radical (unpaired) electrons. The highest BCUT2D eigenvalue weighted by molar-refractivity contribution is 6.12. The van der Waals surface area contributed by atoms with Gasteiger partial charge in [0.05, 0.1) is 11.4 Å². The Morgan fingerprint density at radius 1 is 0.366 bits per heavy atom.